The molecule has 4 aromatic rings. The molecule has 134 valence electrons. The van der Waals surface area contributed by atoms with Crippen LogP contribution in [0.2, 0.25) is 5.02 Å². The Kier molecular flexibility index (Phi) is 5.00. The van der Waals surface area contributed by atoms with Crippen LogP contribution in [0.1, 0.15) is 5.56 Å². The molecule has 27 heavy (non-hydrogen) atoms. The van der Waals surface area contributed by atoms with Gasteiger partial charge in [0, 0.05) is 5.02 Å². The van der Waals surface area contributed by atoms with Gasteiger partial charge < -0.3 is 9.84 Å². The smallest absolute Gasteiger partial charge is 0.260 e. The molecular weight excluding hydrogens is 382 g/mol. The standard InChI is InChI=1S/C20H14ClN3O2S/c21-14-9-7-13(8-10-14)12-18(25)22-16-5-2-1-4-15(16)20-23-19(24-26-20)17-6-3-11-27-17/h1-11H,12H2,(H,22,25). The Morgan fingerprint density at radius 1 is 1.07 bits per heavy atom. The molecule has 0 saturated heterocycles. The van der Waals surface area contributed by atoms with E-state index in [4.69, 9.17) is 16.1 Å². The van der Waals surface area contributed by atoms with E-state index in [1.54, 1.807) is 12.1 Å². The van der Waals surface area contributed by atoms with Gasteiger partial charge in [-0.25, -0.2) is 0 Å². The number of amides is 1. The molecule has 5 nitrogen and oxygen atoms in total. The molecule has 0 spiro atoms. The van der Waals surface area contributed by atoms with E-state index in [0.717, 1.165) is 10.4 Å². The van der Waals surface area contributed by atoms with Crippen LogP contribution in [-0.4, -0.2) is 16.0 Å². The number of rotatable bonds is 5. The number of nitrogens with zero attached hydrogens (tertiary/aromatic N) is 2. The molecule has 0 aliphatic carbocycles. The fourth-order valence-electron chi connectivity index (χ4n) is 2.60. The lowest BCUT2D eigenvalue weighted by Gasteiger charge is -2.08. The quantitative estimate of drug-likeness (QED) is 0.498. The monoisotopic (exact) mass is 395 g/mol. The highest BCUT2D eigenvalue weighted by atomic mass is 35.5. The summed E-state index contributed by atoms with van der Waals surface area (Å²) in [5, 5.41) is 9.55. The highest BCUT2D eigenvalue weighted by Gasteiger charge is 2.16. The number of aromatic nitrogens is 2. The van der Waals surface area contributed by atoms with Gasteiger partial charge in [0.05, 0.1) is 22.5 Å². The normalized spacial score (nSPS) is 10.7. The van der Waals surface area contributed by atoms with E-state index in [-0.39, 0.29) is 12.3 Å². The van der Waals surface area contributed by atoms with Crippen LogP contribution in [0.15, 0.2) is 70.6 Å². The molecule has 2 heterocycles. The third-order valence-electron chi connectivity index (χ3n) is 3.88. The zero-order valence-corrected chi connectivity index (χ0v) is 15.6. The molecule has 0 bridgehead atoms. The van der Waals surface area contributed by atoms with Crippen molar-refractivity contribution in [1.29, 1.82) is 0 Å². The summed E-state index contributed by atoms with van der Waals surface area (Å²) in [4.78, 5) is 17.8. The van der Waals surface area contributed by atoms with Gasteiger partial charge in [-0.05, 0) is 41.3 Å². The molecular formula is C20H14ClN3O2S. The molecule has 0 fully saturated rings. The van der Waals surface area contributed by atoms with Crippen LogP contribution in [-0.2, 0) is 11.2 Å². The van der Waals surface area contributed by atoms with Crippen LogP contribution in [0.5, 0.6) is 0 Å². The summed E-state index contributed by atoms with van der Waals surface area (Å²) in [5.41, 5.74) is 2.18. The number of halogens is 1. The van der Waals surface area contributed by atoms with Gasteiger partial charge in [-0.2, -0.15) is 4.98 Å². The number of benzene rings is 2. The van der Waals surface area contributed by atoms with Gasteiger partial charge in [0.2, 0.25) is 11.7 Å². The fraction of sp³-hybridized carbons (Fsp3) is 0.0500. The van der Waals surface area contributed by atoms with Crippen molar-refractivity contribution in [2.75, 3.05) is 5.32 Å². The third-order valence-corrected chi connectivity index (χ3v) is 4.99. The summed E-state index contributed by atoms with van der Waals surface area (Å²) < 4.78 is 5.41. The maximum atomic E-state index is 12.4. The van der Waals surface area contributed by atoms with Crippen molar-refractivity contribution in [3.8, 4) is 22.2 Å². The first-order valence-corrected chi connectivity index (χ1v) is 9.46. The van der Waals surface area contributed by atoms with Gasteiger partial charge in [-0.3, -0.25) is 4.79 Å². The maximum Gasteiger partial charge on any atom is 0.260 e. The zero-order chi connectivity index (χ0) is 18.6. The van der Waals surface area contributed by atoms with Crippen LogP contribution in [0.25, 0.3) is 22.2 Å². The summed E-state index contributed by atoms with van der Waals surface area (Å²) in [6, 6.07) is 18.4. The van der Waals surface area contributed by atoms with Crippen molar-refractivity contribution >= 4 is 34.5 Å². The second-order valence-corrected chi connectivity index (χ2v) is 7.18. The van der Waals surface area contributed by atoms with Gasteiger partial charge in [0.1, 0.15) is 0 Å². The SMILES string of the molecule is O=C(Cc1ccc(Cl)cc1)Nc1ccccc1-c1nc(-c2cccs2)no1. The number of nitrogens with one attached hydrogen (secondary N) is 1. The molecule has 0 radical (unpaired) electrons. The van der Waals surface area contributed by atoms with Crippen LogP contribution >= 0.6 is 22.9 Å². The summed E-state index contributed by atoms with van der Waals surface area (Å²) in [5.74, 6) is 0.755. The Morgan fingerprint density at radius 2 is 1.89 bits per heavy atom. The molecule has 7 heteroatoms. The Labute approximate surface area is 164 Å². The molecule has 0 saturated carbocycles. The highest BCUT2D eigenvalue weighted by molar-refractivity contribution is 7.13. The van der Waals surface area contributed by atoms with E-state index in [9.17, 15) is 4.79 Å². The van der Waals surface area contributed by atoms with E-state index in [2.05, 4.69) is 15.5 Å². The number of carbonyl (C=O) groups is 1. The first-order valence-electron chi connectivity index (χ1n) is 8.20. The van der Waals surface area contributed by atoms with E-state index >= 15 is 0 Å². The van der Waals surface area contributed by atoms with E-state index in [1.165, 1.54) is 11.3 Å². The minimum atomic E-state index is -0.136. The number of hydrogen-bond acceptors (Lipinski definition) is 5. The minimum absolute atomic E-state index is 0.136. The van der Waals surface area contributed by atoms with Gasteiger partial charge in [0.25, 0.3) is 5.89 Å². The molecule has 0 aliphatic rings. The minimum Gasteiger partial charge on any atom is -0.334 e. The van der Waals surface area contributed by atoms with Crippen LogP contribution in [0, 0.1) is 0 Å². The van der Waals surface area contributed by atoms with Crippen molar-refractivity contribution in [2.24, 2.45) is 0 Å². The van der Waals surface area contributed by atoms with Crippen molar-refractivity contribution in [2.45, 2.75) is 6.42 Å². The molecule has 4 rings (SSSR count). The Morgan fingerprint density at radius 3 is 2.67 bits per heavy atom. The third kappa shape index (κ3) is 4.07. The Bertz CT molecular complexity index is 1060. The fourth-order valence-corrected chi connectivity index (χ4v) is 3.37. The highest BCUT2D eigenvalue weighted by Crippen LogP contribution is 2.29. The summed E-state index contributed by atoms with van der Waals surface area (Å²) in [6.07, 6.45) is 0.246. The van der Waals surface area contributed by atoms with Crippen molar-refractivity contribution in [3.05, 3.63) is 76.6 Å². The van der Waals surface area contributed by atoms with Gasteiger partial charge in [-0.1, -0.05) is 47.1 Å². The first-order chi connectivity index (χ1) is 13.2. The largest absolute Gasteiger partial charge is 0.334 e. The predicted octanol–water partition coefficient (Wildman–Crippen LogP) is 5.30. The van der Waals surface area contributed by atoms with Crippen molar-refractivity contribution in [3.63, 3.8) is 0 Å². The predicted molar refractivity (Wildman–Crippen MR) is 107 cm³/mol. The number of thiophene rings is 1. The average Bonchev–Trinajstić information content (AvgIpc) is 3.35. The molecule has 2 aromatic heterocycles. The zero-order valence-electron chi connectivity index (χ0n) is 14.1. The van der Waals surface area contributed by atoms with Crippen molar-refractivity contribution < 1.29 is 9.32 Å². The second kappa shape index (κ2) is 7.73. The van der Waals surface area contributed by atoms with Crippen LogP contribution in [0.4, 0.5) is 5.69 Å². The molecule has 1 N–H and O–H groups in total. The first kappa shape index (κ1) is 17.5. The molecule has 0 aliphatic heterocycles. The van der Waals surface area contributed by atoms with Gasteiger partial charge in [0.15, 0.2) is 0 Å². The number of hydrogen-bond donors (Lipinski definition) is 1. The Balaban J connectivity index is 1.54. The lowest BCUT2D eigenvalue weighted by atomic mass is 10.1. The van der Waals surface area contributed by atoms with Crippen molar-refractivity contribution in [1.82, 2.24) is 10.1 Å². The number of para-hydroxylation sites is 1. The van der Waals surface area contributed by atoms with Crippen LogP contribution in [0.3, 0.4) is 0 Å². The molecule has 1 amide bonds. The topological polar surface area (TPSA) is 68.0 Å². The van der Waals surface area contributed by atoms with E-state index in [0.29, 0.717) is 28.0 Å². The second-order valence-electron chi connectivity index (χ2n) is 5.80. The van der Waals surface area contributed by atoms with E-state index < -0.39 is 0 Å². The lowest BCUT2D eigenvalue weighted by Crippen LogP contribution is -2.15. The van der Waals surface area contributed by atoms with E-state index in [1.807, 2.05) is 53.9 Å². The lowest BCUT2D eigenvalue weighted by molar-refractivity contribution is -0.115. The average molecular weight is 396 g/mol. The summed E-state index contributed by atoms with van der Waals surface area (Å²) >= 11 is 7.42. The van der Waals surface area contributed by atoms with Gasteiger partial charge in [-0.15, -0.1) is 11.3 Å². The molecule has 0 atom stereocenters. The van der Waals surface area contributed by atoms with Crippen LogP contribution < -0.4 is 5.32 Å². The number of carbonyl (C=O) groups excluding carboxylic acids is 1. The number of anilines is 1. The summed E-state index contributed by atoms with van der Waals surface area (Å²) in [7, 11) is 0. The van der Waals surface area contributed by atoms with Gasteiger partial charge >= 0.3 is 0 Å². The molecule has 2 aromatic carbocycles. The summed E-state index contributed by atoms with van der Waals surface area (Å²) in [6.45, 7) is 0. The maximum absolute atomic E-state index is 12.4. The molecule has 0 unspecified atom stereocenters. The Hall–Kier alpha value is -2.96.